The number of ether oxygens (including phenoxy) is 2. The van der Waals surface area contributed by atoms with Crippen molar-refractivity contribution < 1.29 is 33.4 Å². The molecule has 3 amide bonds. The van der Waals surface area contributed by atoms with Crippen molar-refractivity contribution in [1.29, 1.82) is 0 Å². The van der Waals surface area contributed by atoms with Crippen molar-refractivity contribution in [2.45, 2.75) is 149 Å². The molecule has 2 saturated heterocycles. The maximum atomic E-state index is 14.4. The molecule has 0 bridgehead atoms. The lowest BCUT2D eigenvalue weighted by Crippen LogP contribution is -2.54. The Bertz CT molecular complexity index is 1530. The van der Waals surface area contributed by atoms with Crippen LogP contribution in [0.2, 0.25) is 0 Å². The Kier molecular flexibility index (Phi) is 17.5. The first-order valence-electron chi connectivity index (χ1n) is 22.3. The molecule has 4 rings (SSSR count). The van der Waals surface area contributed by atoms with Crippen LogP contribution in [0.25, 0.3) is 0 Å². The van der Waals surface area contributed by atoms with Crippen LogP contribution in [0, 0.1) is 35.0 Å². The monoisotopic (exact) mass is 809 g/mol. The fraction of sp³-hybridized carbons (Fsp3) is 0.766. The maximum absolute atomic E-state index is 14.4. The van der Waals surface area contributed by atoms with E-state index in [1.165, 1.54) is 0 Å². The first-order valence-corrected chi connectivity index (χ1v) is 22.3. The summed E-state index contributed by atoms with van der Waals surface area (Å²) in [4.78, 5) is 76.3. The fourth-order valence-corrected chi connectivity index (χ4v) is 10.2. The van der Waals surface area contributed by atoms with Crippen LogP contribution in [0.15, 0.2) is 30.3 Å². The number of carbonyl (C=O) groups excluding carboxylic acids is 5. The summed E-state index contributed by atoms with van der Waals surface area (Å²) in [6.45, 7) is 16.0. The summed E-state index contributed by atoms with van der Waals surface area (Å²) in [7, 11) is 6.77. The maximum Gasteiger partial charge on any atom is 0.229 e. The Morgan fingerprint density at radius 2 is 1.52 bits per heavy atom. The fourth-order valence-electron chi connectivity index (χ4n) is 10.2. The number of hydrogen-bond acceptors (Lipinski definition) is 8. The molecule has 0 spiro atoms. The average Bonchev–Trinajstić information content (AvgIpc) is 3.74. The standard InChI is InChI=1S/C47H76N4O7/c1-12-32(6)43(49(9)45(55)35(30(2)3)26-38(52)42(48-8)31(4)5)40(57-10)27-41(54)51-25-19-22-37(51)44(58-11)33(7)39(53)29-47(46(56)50-23-17-14-18-24-50)28-36(47)34-20-15-13-16-21-34/h13,15-16,20-21,30-33,35-37,40,42-44,48H,12,14,17-19,22-29H2,1-11H3/t32-,33-,35-,36+,37-,40+,42-,43-,44+,47-/m0/s1. The number of ketones is 2. The topological polar surface area (TPSA) is 126 Å². The van der Waals surface area contributed by atoms with E-state index in [2.05, 4.69) is 31.3 Å². The molecule has 3 aliphatic rings. The highest BCUT2D eigenvalue weighted by Gasteiger charge is 2.62. The van der Waals surface area contributed by atoms with Crippen LogP contribution >= 0.6 is 0 Å². The third-order valence-electron chi connectivity index (χ3n) is 14.1. The van der Waals surface area contributed by atoms with E-state index in [4.69, 9.17) is 9.47 Å². The number of hydrogen-bond donors (Lipinski definition) is 1. The number of likely N-dealkylation sites (tertiary alicyclic amines) is 2. The Labute approximate surface area is 349 Å². The van der Waals surface area contributed by atoms with Gasteiger partial charge in [-0.1, -0.05) is 85.2 Å². The predicted molar refractivity (Wildman–Crippen MR) is 228 cm³/mol. The van der Waals surface area contributed by atoms with E-state index in [-0.39, 0.29) is 84.3 Å². The summed E-state index contributed by atoms with van der Waals surface area (Å²) in [5, 5.41) is 3.13. The van der Waals surface area contributed by atoms with E-state index >= 15 is 0 Å². The molecule has 1 aromatic carbocycles. The van der Waals surface area contributed by atoms with Crippen LogP contribution in [0.3, 0.4) is 0 Å². The van der Waals surface area contributed by atoms with Crippen molar-refractivity contribution in [3.05, 3.63) is 35.9 Å². The summed E-state index contributed by atoms with van der Waals surface area (Å²) < 4.78 is 12.2. The minimum Gasteiger partial charge on any atom is -0.379 e. The zero-order valence-corrected chi connectivity index (χ0v) is 37.6. The van der Waals surface area contributed by atoms with E-state index < -0.39 is 35.5 Å². The molecule has 1 aliphatic carbocycles. The molecule has 0 radical (unpaired) electrons. The lowest BCUT2D eigenvalue weighted by atomic mass is 9.83. The quantitative estimate of drug-likeness (QED) is 0.140. The number of carbonyl (C=O) groups is 5. The molecule has 0 aromatic heterocycles. The molecule has 0 unspecified atom stereocenters. The van der Waals surface area contributed by atoms with Crippen molar-refractivity contribution in [2.75, 3.05) is 47.9 Å². The summed E-state index contributed by atoms with van der Waals surface area (Å²) in [5.41, 5.74) is 0.347. The highest BCUT2D eigenvalue weighted by Crippen LogP contribution is 2.63. The van der Waals surface area contributed by atoms with E-state index in [9.17, 15) is 24.0 Å². The van der Waals surface area contributed by atoms with Gasteiger partial charge in [0.2, 0.25) is 17.7 Å². The van der Waals surface area contributed by atoms with Gasteiger partial charge in [0.25, 0.3) is 0 Å². The van der Waals surface area contributed by atoms with Crippen molar-refractivity contribution in [2.24, 2.45) is 35.0 Å². The molecular formula is C47H76N4O7. The van der Waals surface area contributed by atoms with E-state index in [0.717, 1.165) is 50.8 Å². The van der Waals surface area contributed by atoms with Crippen molar-refractivity contribution in [3.8, 4) is 0 Å². The Hall–Kier alpha value is -3.15. The molecule has 11 nitrogen and oxygen atoms in total. The van der Waals surface area contributed by atoms with Crippen LogP contribution in [-0.4, -0.2) is 122 Å². The van der Waals surface area contributed by atoms with Gasteiger partial charge in [-0.15, -0.1) is 0 Å². The molecule has 326 valence electrons. The van der Waals surface area contributed by atoms with Crippen LogP contribution < -0.4 is 5.32 Å². The Balaban J connectivity index is 1.51. The molecule has 1 N–H and O–H groups in total. The summed E-state index contributed by atoms with van der Waals surface area (Å²) in [6, 6.07) is 9.04. The smallest absolute Gasteiger partial charge is 0.229 e. The van der Waals surface area contributed by atoms with Gasteiger partial charge in [-0.3, -0.25) is 24.0 Å². The normalized spacial score (nSPS) is 24.5. The van der Waals surface area contributed by atoms with Gasteiger partial charge in [0, 0.05) is 65.6 Å². The molecular weight excluding hydrogens is 733 g/mol. The summed E-state index contributed by atoms with van der Waals surface area (Å²) in [5.74, 6) is -1.10. The number of amides is 3. The number of benzene rings is 1. The number of methoxy groups -OCH3 is 2. The first kappa shape index (κ1) is 47.5. The minimum atomic E-state index is -0.751. The number of rotatable bonds is 22. The second-order valence-electron chi connectivity index (χ2n) is 18.4. The van der Waals surface area contributed by atoms with Gasteiger partial charge in [-0.25, -0.2) is 0 Å². The number of nitrogens with zero attached hydrogens (tertiary/aromatic N) is 3. The molecule has 2 aliphatic heterocycles. The third kappa shape index (κ3) is 10.8. The Morgan fingerprint density at radius 3 is 2.07 bits per heavy atom. The van der Waals surface area contributed by atoms with E-state index in [1.54, 1.807) is 33.2 Å². The van der Waals surface area contributed by atoms with Crippen molar-refractivity contribution in [1.82, 2.24) is 20.0 Å². The number of nitrogens with one attached hydrogen (secondary N) is 1. The molecule has 3 fully saturated rings. The third-order valence-corrected chi connectivity index (χ3v) is 14.1. The van der Waals surface area contributed by atoms with Crippen LogP contribution in [0.4, 0.5) is 0 Å². The molecule has 58 heavy (non-hydrogen) atoms. The zero-order valence-electron chi connectivity index (χ0n) is 37.6. The minimum absolute atomic E-state index is 0.000821. The highest BCUT2D eigenvalue weighted by molar-refractivity contribution is 5.94. The van der Waals surface area contributed by atoms with Gasteiger partial charge in [0.05, 0.1) is 42.2 Å². The van der Waals surface area contributed by atoms with Crippen LogP contribution in [0.5, 0.6) is 0 Å². The largest absolute Gasteiger partial charge is 0.379 e. The second-order valence-corrected chi connectivity index (χ2v) is 18.4. The molecule has 1 aromatic rings. The van der Waals surface area contributed by atoms with Crippen LogP contribution in [-0.2, 0) is 33.4 Å². The number of Topliss-reactive ketones (excluding diaryl/α,β-unsaturated/α-hetero) is 2. The zero-order chi connectivity index (χ0) is 42.9. The second kappa shape index (κ2) is 21.4. The van der Waals surface area contributed by atoms with Gasteiger partial charge < -0.3 is 29.5 Å². The van der Waals surface area contributed by atoms with Gasteiger partial charge >= 0.3 is 0 Å². The van der Waals surface area contributed by atoms with Crippen molar-refractivity contribution >= 4 is 29.3 Å². The van der Waals surface area contributed by atoms with Gasteiger partial charge in [-0.05, 0) is 74.8 Å². The number of likely N-dealkylation sites (N-methyl/N-ethyl adjacent to an activating group) is 2. The lowest BCUT2D eigenvalue weighted by molar-refractivity contribution is -0.149. The van der Waals surface area contributed by atoms with Crippen LogP contribution in [0.1, 0.15) is 124 Å². The Morgan fingerprint density at radius 1 is 0.862 bits per heavy atom. The van der Waals surface area contributed by atoms with Gasteiger partial charge in [0.15, 0.2) is 5.78 Å². The van der Waals surface area contributed by atoms with E-state index in [1.807, 2.05) is 62.6 Å². The average molecular weight is 809 g/mol. The van der Waals surface area contributed by atoms with E-state index in [0.29, 0.717) is 19.4 Å². The summed E-state index contributed by atoms with van der Waals surface area (Å²) >= 11 is 0. The number of piperidine rings is 1. The van der Waals surface area contributed by atoms with Crippen molar-refractivity contribution in [3.63, 3.8) is 0 Å². The summed E-state index contributed by atoms with van der Waals surface area (Å²) in [6.07, 6.45) is 5.23. The lowest BCUT2D eigenvalue weighted by Gasteiger charge is -2.41. The molecule has 11 heteroatoms. The van der Waals surface area contributed by atoms with Gasteiger partial charge in [0.1, 0.15) is 5.78 Å². The SMILES string of the molecule is CC[C@H](C)[C@@H]([C@@H](CC(=O)N1CCC[C@H]1[C@H](OC)[C@@H](C)C(=O)C[C@@]1(C(=O)N2CCCCC2)C[C@@H]1c1ccccc1)OC)N(C)C(=O)[C@@H](CC(=O)[C@@H](NC)C(C)C)C(C)C. The molecule has 2 heterocycles. The van der Waals surface area contributed by atoms with Gasteiger partial charge in [-0.2, -0.15) is 0 Å². The first-order chi connectivity index (χ1) is 27.6. The predicted octanol–water partition coefficient (Wildman–Crippen LogP) is 6.53. The highest BCUT2D eigenvalue weighted by atomic mass is 16.5. The molecule has 10 atom stereocenters. The molecule has 1 saturated carbocycles.